The van der Waals surface area contributed by atoms with Gasteiger partial charge in [-0.1, -0.05) is 42.5 Å². The number of hydrogen-bond acceptors (Lipinski definition) is 5. The molecule has 3 amide bonds. The number of carbonyl (C=O) groups excluding carboxylic acids is 3. The molecule has 1 heterocycles. The lowest BCUT2D eigenvalue weighted by molar-refractivity contribution is -0.119. The van der Waals surface area contributed by atoms with Crippen LogP contribution in [-0.2, 0) is 11.2 Å². The maximum Gasteiger partial charge on any atom is 0.262 e. The summed E-state index contributed by atoms with van der Waals surface area (Å²) < 4.78 is 10.5. The molecule has 0 radical (unpaired) electrons. The number of ether oxygens (including phenoxy) is 2. The number of benzene rings is 3. The quantitative estimate of drug-likeness (QED) is 0.580. The molecule has 0 fully saturated rings. The van der Waals surface area contributed by atoms with Gasteiger partial charge in [0.25, 0.3) is 11.8 Å². The largest absolute Gasteiger partial charge is 0.493 e. The fourth-order valence-corrected chi connectivity index (χ4v) is 3.77. The zero-order chi connectivity index (χ0) is 22.7. The molecule has 1 atom stereocenters. The fourth-order valence-electron chi connectivity index (χ4n) is 3.77. The Morgan fingerprint density at radius 2 is 1.44 bits per heavy atom. The summed E-state index contributed by atoms with van der Waals surface area (Å²) in [5, 5.41) is 2.81. The van der Waals surface area contributed by atoms with E-state index in [1.165, 1.54) is 14.2 Å². The van der Waals surface area contributed by atoms with Gasteiger partial charge in [-0.05, 0) is 29.8 Å². The topological polar surface area (TPSA) is 84.9 Å². The molecule has 1 aliphatic heterocycles. The van der Waals surface area contributed by atoms with E-state index >= 15 is 0 Å². The molecule has 0 aromatic heterocycles. The van der Waals surface area contributed by atoms with Gasteiger partial charge in [0, 0.05) is 18.2 Å². The van der Waals surface area contributed by atoms with Crippen molar-refractivity contribution in [3.05, 3.63) is 89.5 Å². The maximum absolute atomic E-state index is 13.4. The van der Waals surface area contributed by atoms with Gasteiger partial charge in [-0.2, -0.15) is 0 Å². The number of nitrogens with zero attached hydrogens (tertiary/aromatic N) is 1. The van der Waals surface area contributed by atoms with Crippen molar-refractivity contribution < 1.29 is 23.9 Å². The van der Waals surface area contributed by atoms with Gasteiger partial charge >= 0.3 is 0 Å². The Kier molecular flexibility index (Phi) is 5.89. The summed E-state index contributed by atoms with van der Waals surface area (Å²) in [5.74, 6) is -0.462. The van der Waals surface area contributed by atoms with Crippen molar-refractivity contribution in [1.29, 1.82) is 0 Å². The van der Waals surface area contributed by atoms with E-state index in [0.29, 0.717) is 28.3 Å². The number of carbonyl (C=O) groups is 3. The lowest BCUT2D eigenvalue weighted by Gasteiger charge is -2.25. The summed E-state index contributed by atoms with van der Waals surface area (Å²) >= 11 is 0. The van der Waals surface area contributed by atoms with Crippen molar-refractivity contribution in [1.82, 2.24) is 4.90 Å². The van der Waals surface area contributed by atoms with Crippen LogP contribution in [0.4, 0.5) is 5.69 Å². The molecule has 3 aromatic carbocycles. The van der Waals surface area contributed by atoms with Crippen molar-refractivity contribution in [2.24, 2.45) is 0 Å². The molecule has 7 heteroatoms. The molecule has 4 rings (SSSR count). The molecule has 0 spiro atoms. The summed E-state index contributed by atoms with van der Waals surface area (Å²) in [7, 11) is 3.02. The standard InChI is InChI=1S/C25H22N2O5/c1-31-21-13-12-17(15-22(21)32-2)26-23(28)20(14-16-8-4-3-5-9-16)27-24(29)18-10-6-7-11-19(18)25(27)30/h3-13,15,20H,14H2,1-2H3,(H,26,28). The lowest BCUT2D eigenvalue weighted by Crippen LogP contribution is -2.48. The minimum absolute atomic E-state index is 0.186. The normalized spacial score (nSPS) is 13.5. The molecule has 1 N–H and O–H groups in total. The van der Waals surface area contributed by atoms with Crippen LogP contribution in [0.5, 0.6) is 11.5 Å². The summed E-state index contributed by atoms with van der Waals surface area (Å²) in [6.45, 7) is 0. The van der Waals surface area contributed by atoms with Crippen molar-refractivity contribution in [3.8, 4) is 11.5 Å². The first kappa shape index (κ1) is 21.1. The summed E-state index contributed by atoms with van der Waals surface area (Å²) in [4.78, 5) is 40.6. The first-order valence-corrected chi connectivity index (χ1v) is 10.1. The van der Waals surface area contributed by atoms with Crippen molar-refractivity contribution in [3.63, 3.8) is 0 Å². The van der Waals surface area contributed by atoms with Gasteiger partial charge < -0.3 is 14.8 Å². The average Bonchev–Trinajstić information content (AvgIpc) is 3.08. The number of fused-ring (bicyclic) bond motifs is 1. The van der Waals surface area contributed by atoms with Crippen LogP contribution in [0.25, 0.3) is 0 Å². The Hall–Kier alpha value is -4.13. The second kappa shape index (κ2) is 8.93. The van der Waals surface area contributed by atoms with Crippen LogP contribution in [0, 0.1) is 0 Å². The molecule has 0 saturated heterocycles. The van der Waals surface area contributed by atoms with Crippen LogP contribution < -0.4 is 14.8 Å². The van der Waals surface area contributed by atoms with E-state index in [9.17, 15) is 14.4 Å². The van der Waals surface area contributed by atoms with E-state index in [4.69, 9.17) is 9.47 Å². The van der Waals surface area contributed by atoms with Crippen molar-refractivity contribution >= 4 is 23.4 Å². The van der Waals surface area contributed by atoms with Gasteiger partial charge in [-0.25, -0.2) is 0 Å². The monoisotopic (exact) mass is 430 g/mol. The SMILES string of the molecule is COc1ccc(NC(=O)C(Cc2ccccc2)N2C(=O)c3ccccc3C2=O)cc1OC. The summed E-state index contributed by atoms with van der Waals surface area (Å²) in [6, 6.07) is 19.8. The highest BCUT2D eigenvalue weighted by atomic mass is 16.5. The van der Waals surface area contributed by atoms with E-state index in [-0.39, 0.29) is 6.42 Å². The minimum atomic E-state index is -1.03. The Bertz CT molecular complexity index is 1140. The van der Waals surface area contributed by atoms with E-state index in [1.807, 2.05) is 30.3 Å². The number of hydrogen-bond donors (Lipinski definition) is 1. The number of methoxy groups -OCH3 is 2. The third-order valence-corrected chi connectivity index (χ3v) is 5.36. The van der Waals surface area contributed by atoms with E-state index in [1.54, 1.807) is 42.5 Å². The van der Waals surface area contributed by atoms with Gasteiger partial charge in [-0.3, -0.25) is 19.3 Å². The number of rotatable bonds is 7. The molecular formula is C25H22N2O5. The maximum atomic E-state index is 13.4. The smallest absolute Gasteiger partial charge is 0.262 e. The predicted octanol–water partition coefficient (Wildman–Crippen LogP) is 3.55. The molecule has 0 bridgehead atoms. The van der Waals surface area contributed by atoms with Gasteiger partial charge in [0.05, 0.1) is 25.3 Å². The first-order chi connectivity index (χ1) is 15.5. The molecule has 162 valence electrons. The van der Waals surface area contributed by atoms with Crippen LogP contribution in [0.15, 0.2) is 72.8 Å². The molecular weight excluding hydrogens is 408 g/mol. The number of imide groups is 1. The van der Waals surface area contributed by atoms with Crippen LogP contribution in [0.1, 0.15) is 26.3 Å². The van der Waals surface area contributed by atoms with Gasteiger partial charge in [0.1, 0.15) is 6.04 Å². The molecule has 1 unspecified atom stereocenters. The summed E-state index contributed by atoms with van der Waals surface area (Å²) in [6.07, 6.45) is 0.186. The zero-order valence-corrected chi connectivity index (χ0v) is 17.7. The van der Waals surface area contributed by atoms with Gasteiger partial charge in [0.15, 0.2) is 11.5 Å². The minimum Gasteiger partial charge on any atom is -0.493 e. The first-order valence-electron chi connectivity index (χ1n) is 10.1. The number of nitrogens with one attached hydrogen (secondary N) is 1. The third kappa shape index (κ3) is 3.92. The second-order valence-corrected chi connectivity index (χ2v) is 7.29. The molecule has 0 saturated carbocycles. The molecule has 1 aliphatic rings. The molecule has 32 heavy (non-hydrogen) atoms. The molecule has 7 nitrogen and oxygen atoms in total. The molecule has 3 aromatic rings. The van der Waals surface area contributed by atoms with E-state index in [2.05, 4.69) is 5.32 Å². The van der Waals surface area contributed by atoms with Crippen LogP contribution >= 0.6 is 0 Å². The predicted molar refractivity (Wildman–Crippen MR) is 119 cm³/mol. The van der Waals surface area contributed by atoms with Crippen LogP contribution in [-0.4, -0.2) is 42.9 Å². The zero-order valence-electron chi connectivity index (χ0n) is 17.7. The van der Waals surface area contributed by atoms with E-state index < -0.39 is 23.8 Å². The second-order valence-electron chi connectivity index (χ2n) is 7.29. The highest BCUT2D eigenvalue weighted by molar-refractivity contribution is 6.23. The van der Waals surface area contributed by atoms with Gasteiger partial charge in [0.2, 0.25) is 5.91 Å². The Morgan fingerprint density at radius 1 is 0.844 bits per heavy atom. The molecule has 0 aliphatic carbocycles. The average molecular weight is 430 g/mol. The van der Waals surface area contributed by atoms with Crippen LogP contribution in [0.3, 0.4) is 0 Å². The highest BCUT2D eigenvalue weighted by Crippen LogP contribution is 2.31. The summed E-state index contributed by atoms with van der Waals surface area (Å²) in [5.41, 5.74) is 1.89. The highest BCUT2D eigenvalue weighted by Gasteiger charge is 2.42. The Morgan fingerprint density at radius 3 is 2.03 bits per heavy atom. The number of amides is 3. The third-order valence-electron chi connectivity index (χ3n) is 5.36. The number of anilines is 1. The lowest BCUT2D eigenvalue weighted by atomic mass is 10.0. The van der Waals surface area contributed by atoms with Crippen LogP contribution in [0.2, 0.25) is 0 Å². The van der Waals surface area contributed by atoms with Crippen molar-refractivity contribution in [2.75, 3.05) is 19.5 Å². The van der Waals surface area contributed by atoms with E-state index in [0.717, 1.165) is 10.5 Å². The fraction of sp³-hybridized carbons (Fsp3) is 0.160. The van der Waals surface area contributed by atoms with Gasteiger partial charge in [-0.15, -0.1) is 0 Å². The Labute approximate surface area is 185 Å². The van der Waals surface area contributed by atoms with Crippen molar-refractivity contribution in [2.45, 2.75) is 12.5 Å². The Balaban J connectivity index is 1.67.